The van der Waals surface area contributed by atoms with Crippen molar-refractivity contribution in [1.29, 1.82) is 0 Å². The quantitative estimate of drug-likeness (QED) is 0.421. The zero-order valence-corrected chi connectivity index (χ0v) is 8.41. The average Bonchev–Trinajstić information content (AvgIpc) is 2.68. The van der Waals surface area contributed by atoms with E-state index in [-0.39, 0.29) is 0 Å². The van der Waals surface area contributed by atoms with E-state index in [1.807, 2.05) is 0 Å². The number of aromatic nitrogens is 2. The van der Waals surface area contributed by atoms with Crippen LogP contribution >= 0.6 is 0 Å². The SMILES string of the molecule is COC(=O)/C=C/c1ccc2no[n+]([O-])c2c1. The van der Waals surface area contributed by atoms with Crippen LogP contribution < -0.4 is 4.90 Å². The lowest BCUT2D eigenvalue weighted by molar-refractivity contribution is -0.782. The zero-order valence-electron chi connectivity index (χ0n) is 8.41. The minimum atomic E-state index is -0.458. The topological polar surface area (TPSA) is 79.3 Å². The fraction of sp³-hybridized carbons (Fsp3) is 0.100. The molecule has 0 aliphatic carbocycles. The van der Waals surface area contributed by atoms with Crippen LogP contribution in [0.25, 0.3) is 17.1 Å². The van der Waals surface area contributed by atoms with Crippen LogP contribution in [0.4, 0.5) is 0 Å². The molecule has 6 nitrogen and oxygen atoms in total. The number of methoxy groups -OCH3 is 1. The normalized spacial score (nSPS) is 11.1. The van der Waals surface area contributed by atoms with Crippen LogP contribution in [0.5, 0.6) is 0 Å². The van der Waals surface area contributed by atoms with Gasteiger partial charge in [0.05, 0.1) is 7.11 Å². The molecule has 0 saturated carbocycles. The van der Waals surface area contributed by atoms with Crippen LogP contribution in [-0.4, -0.2) is 18.2 Å². The predicted molar refractivity (Wildman–Crippen MR) is 54.0 cm³/mol. The number of nitrogens with zero attached hydrogens (tertiary/aromatic N) is 2. The van der Waals surface area contributed by atoms with E-state index >= 15 is 0 Å². The second-order valence-corrected chi connectivity index (χ2v) is 3.03. The van der Waals surface area contributed by atoms with Gasteiger partial charge in [0, 0.05) is 17.3 Å². The summed E-state index contributed by atoms with van der Waals surface area (Å²) in [4.78, 5) is 11.2. The van der Waals surface area contributed by atoms with Gasteiger partial charge in [0.25, 0.3) is 0 Å². The van der Waals surface area contributed by atoms with E-state index in [1.165, 1.54) is 19.3 Å². The number of carbonyl (C=O) groups is 1. The fourth-order valence-corrected chi connectivity index (χ4v) is 1.22. The maximum Gasteiger partial charge on any atom is 0.330 e. The van der Waals surface area contributed by atoms with Gasteiger partial charge in [0.2, 0.25) is 11.0 Å². The van der Waals surface area contributed by atoms with Crippen molar-refractivity contribution >= 4 is 23.1 Å². The molecule has 0 atom stereocenters. The second kappa shape index (κ2) is 4.01. The summed E-state index contributed by atoms with van der Waals surface area (Å²) < 4.78 is 8.86. The summed E-state index contributed by atoms with van der Waals surface area (Å²) in [5.74, 6) is -0.458. The summed E-state index contributed by atoms with van der Waals surface area (Å²) in [5.41, 5.74) is 1.46. The van der Waals surface area contributed by atoms with Crippen LogP contribution in [0.1, 0.15) is 5.56 Å². The Hall–Kier alpha value is -2.37. The van der Waals surface area contributed by atoms with Gasteiger partial charge in [-0.1, -0.05) is 6.07 Å². The Morgan fingerprint density at radius 3 is 3.19 bits per heavy atom. The third kappa shape index (κ3) is 1.85. The Labute approximate surface area is 90.3 Å². The van der Waals surface area contributed by atoms with Crippen molar-refractivity contribution in [2.75, 3.05) is 7.11 Å². The number of carbonyl (C=O) groups excluding carboxylic acids is 1. The molecule has 2 aromatic rings. The molecule has 2 rings (SSSR count). The fourth-order valence-electron chi connectivity index (χ4n) is 1.22. The predicted octanol–water partition coefficient (Wildman–Crippen LogP) is 0.647. The molecule has 1 aromatic heterocycles. The van der Waals surface area contributed by atoms with Gasteiger partial charge in [-0.15, -0.1) is 0 Å². The van der Waals surface area contributed by atoms with Crippen molar-refractivity contribution < 1.29 is 19.1 Å². The lowest BCUT2D eigenvalue weighted by Crippen LogP contribution is -2.22. The third-order valence-corrected chi connectivity index (χ3v) is 2.02. The van der Waals surface area contributed by atoms with E-state index in [2.05, 4.69) is 14.5 Å². The minimum Gasteiger partial charge on any atom is -0.466 e. The molecular formula is C10H8N2O4. The summed E-state index contributed by atoms with van der Waals surface area (Å²) >= 11 is 0. The van der Waals surface area contributed by atoms with Gasteiger partial charge in [-0.2, -0.15) is 0 Å². The van der Waals surface area contributed by atoms with E-state index in [4.69, 9.17) is 0 Å². The Kier molecular flexibility index (Phi) is 2.55. The summed E-state index contributed by atoms with van der Waals surface area (Å²) in [6.45, 7) is 0. The van der Waals surface area contributed by atoms with E-state index in [0.717, 1.165) is 0 Å². The first-order valence-electron chi connectivity index (χ1n) is 4.46. The lowest BCUT2D eigenvalue weighted by Gasteiger charge is -1.92. The number of fused-ring (bicyclic) bond motifs is 1. The highest BCUT2D eigenvalue weighted by Crippen LogP contribution is 2.11. The molecule has 6 heteroatoms. The van der Waals surface area contributed by atoms with Crippen molar-refractivity contribution in [3.63, 3.8) is 0 Å². The maximum atomic E-state index is 11.1. The molecule has 0 N–H and O–H groups in total. The highest BCUT2D eigenvalue weighted by atomic mass is 16.8. The molecule has 0 fully saturated rings. The largest absolute Gasteiger partial charge is 0.466 e. The Balaban J connectivity index is 2.35. The van der Waals surface area contributed by atoms with Crippen LogP contribution in [0.3, 0.4) is 0 Å². The molecule has 16 heavy (non-hydrogen) atoms. The minimum absolute atomic E-state index is 0.310. The lowest BCUT2D eigenvalue weighted by atomic mass is 10.2. The maximum absolute atomic E-state index is 11.1. The van der Waals surface area contributed by atoms with Crippen molar-refractivity contribution in [2.45, 2.75) is 0 Å². The molecule has 1 aromatic carbocycles. The van der Waals surface area contributed by atoms with Gasteiger partial charge < -0.3 is 9.94 Å². The number of esters is 1. The number of ether oxygens (including phenoxy) is 1. The van der Waals surface area contributed by atoms with Crippen molar-refractivity contribution in [1.82, 2.24) is 5.16 Å². The first-order valence-corrected chi connectivity index (χ1v) is 4.46. The van der Waals surface area contributed by atoms with E-state index < -0.39 is 5.97 Å². The van der Waals surface area contributed by atoms with E-state index in [9.17, 15) is 10.0 Å². The van der Waals surface area contributed by atoms with Crippen molar-refractivity contribution in [2.24, 2.45) is 0 Å². The molecule has 1 heterocycles. The molecule has 0 aliphatic heterocycles. The zero-order chi connectivity index (χ0) is 11.5. The third-order valence-electron chi connectivity index (χ3n) is 2.02. The summed E-state index contributed by atoms with van der Waals surface area (Å²) in [7, 11) is 1.29. The molecule has 0 spiro atoms. The molecule has 0 radical (unpaired) electrons. The number of rotatable bonds is 2. The molecule has 0 aliphatic rings. The number of benzene rings is 1. The van der Waals surface area contributed by atoms with Crippen LogP contribution in [0, 0.1) is 5.21 Å². The summed E-state index contributed by atoms with van der Waals surface area (Å²) in [5, 5.41) is 14.6. The van der Waals surface area contributed by atoms with Gasteiger partial charge in [0.15, 0.2) is 0 Å². The highest BCUT2D eigenvalue weighted by Gasteiger charge is 2.08. The first-order chi connectivity index (χ1) is 7.70. The Morgan fingerprint density at radius 1 is 1.62 bits per heavy atom. The first kappa shape index (κ1) is 10.2. The monoisotopic (exact) mass is 220 g/mol. The molecule has 0 unspecified atom stereocenters. The van der Waals surface area contributed by atoms with Gasteiger partial charge in [-0.25, -0.2) is 4.79 Å². The second-order valence-electron chi connectivity index (χ2n) is 3.03. The van der Waals surface area contributed by atoms with Crippen molar-refractivity contribution in [3.8, 4) is 0 Å². The Morgan fingerprint density at radius 2 is 2.44 bits per heavy atom. The van der Waals surface area contributed by atoms with Gasteiger partial charge in [-0.05, 0) is 22.6 Å². The molecule has 82 valence electrons. The van der Waals surface area contributed by atoms with Gasteiger partial charge in [-0.3, -0.25) is 4.63 Å². The van der Waals surface area contributed by atoms with E-state index in [1.54, 1.807) is 18.2 Å². The molecule has 0 bridgehead atoms. The van der Waals surface area contributed by atoms with Gasteiger partial charge >= 0.3 is 5.97 Å². The van der Waals surface area contributed by atoms with Crippen molar-refractivity contribution in [3.05, 3.63) is 35.0 Å². The van der Waals surface area contributed by atoms with Crippen LogP contribution in [0.2, 0.25) is 0 Å². The highest BCUT2D eigenvalue weighted by molar-refractivity contribution is 5.87. The molecular weight excluding hydrogens is 212 g/mol. The van der Waals surface area contributed by atoms with E-state index in [0.29, 0.717) is 21.5 Å². The molecule has 0 saturated heterocycles. The van der Waals surface area contributed by atoms with Crippen LogP contribution in [0.15, 0.2) is 28.9 Å². The standard InChI is InChI=1S/C10H8N2O4/c1-15-10(13)5-3-7-2-4-8-9(6-7)12(14)16-11-8/h2-6H,1H3/b5-3+. The summed E-state index contributed by atoms with van der Waals surface area (Å²) in [6.07, 6.45) is 2.81. The van der Waals surface area contributed by atoms with Gasteiger partial charge in [0.1, 0.15) is 0 Å². The van der Waals surface area contributed by atoms with Crippen LogP contribution in [-0.2, 0) is 9.53 Å². The number of hydrogen-bond acceptors (Lipinski definition) is 5. The average molecular weight is 220 g/mol. The molecule has 0 amide bonds. The summed E-state index contributed by atoms with van der Waals surface area (Å²) in [6, 6.07) is 4.91. The Bertz CT molecular complexity index is 559. The number of hydrogen-bond donors (Lipinski definition) is 0. The smallest absolute Gasteiger partial charge is 0.330 e.